The number of para-hydroxylation sites is 1. The number of nitro benzene ring substituents is 1. The van der Waals surface area contributed by atoms with E-state index in [9.17, 15) is 14.9 Å². The van der Waals surface area contributed by atoms with Crippen LogP contribution >= 0.6 is 0 Å². The lowest BCUT2D eigenvalue weighted by molar-refractivity contribution is -0.386. The largest absolute Gasteiger partial charge is 0.487 e. The monoisotopic (exact) mass is 267 g/mol. The fourth-order valence-electron chi connectivity index (χ4n) is 1.72. The van der Waals surface area contributed by atoms with Gasteiger partial charge in [0.05, 0.1) is 11.5 Å². The highest BCUT2D eigenvalue weighted by atomic mass is 16.6. The number of carbonyl (C=O) groups is 1. The maximum atomic E-state index is 10.9. The lowest BCUT2D eigenvalue weighted by Gasteiger charge is -2.07. The van der Waals surface area contributed by atoms with Gasteiger partial charge < -0.3 is 9.84 Å². The summed E-state index contributed by atoms with van der Waals surface area (Å²) in [6.07, 6.45) is 2.14. The molecule has 6 heteroatoms. The summed E-state index contributed by atoms with van der Waals surface area (Å²) in [5.74, 6) is -0.543. The van der Waals surface area contributed by atoms with E-state index in [4.69, 9.17) is 9.84 Å². The first kappa shape index (κ1) is 14.9. The Morgan fingerprint density at radius 2 is 2.11 bits per heavy atom. The molecule has 0 radical (unpaired) electrons. The molecule has 1 aromatic carbocycles. The number of hydrogen-bond donors (Lipinski definition) is 1. The Hall–Kier alpha value is -2.11. The topological polar surface area (TPSA) is 89.7 Å². The van der Waals surface area contributed by atoms with Gasteiger partial charge in [-0.25, -0.2) is 0 Å². The SMILES string of the molecule is Cc1cccc(OCCCCCC(=O)O)c1[N+](=O)[O-]. The van der Waals surface area contributed by atoms with Crippen molar-refractivity contribution in [3.8, 4) is 5.75 Å². The molecular weight excluding hydrogens is 250 g/mol. The van der Waals surface area contributed by atoms with Crippen molar-refractivity contribution < 1.29 is 19.6 Å². The van der Waals surface area contributed by atoms with Gasteiger partial charge in [-0.1, -0.05) is 12.1 Å². The Morgan fingerprint density at radius 1 is 1.37 bits per heavy atom. The molecule has 0 aliphatic carbocycles. The van der Waals surface area contributed by atoms with E-state index in [-0.39, 0.29) is 17.9 Å². The summed E-state index contributed by atoms with van der Waals surface area (Å²) in [7, 11) is 0. The number of unbranched alkanes of at least 4 members (excludes halogenated alkanes) is 2. The highest BCUT2D eigenvalue weighted by Gasteiger charge is 2.17. The first-order chi connectivity index (χ1) is 9.02. The van der Waals surface area contributed by atoms with Crippen molar-refractivity contribution in [2.24, 2.45) is 0 Å². The zero-order chi connectivity index (χ0) is 14.3. The molecule has 0 bridgehead atoms. The van der Waals surface area contributed by atoms with Gasteiger partial charge in [0.1, 0.15) is 0 Å². The van der Waals surface area contributed by atoms with Gasteiger partial charge in [0.25, 0.3) is 0 Å². The lowest BCUT2D eigenvalue weighted by atomic mass is 10.2. The van der Waals surface area contributed by atoms with Crippen LogP contribution in [-0.2, 0) is 4.79 Å². The first-order valence-corrected chi connectivity index (χ1v) is 6.11. The Balaban J connectivity index is 2.43. The molecule has 1 rings (SSSR count). The number of hydrogen-bond acceptors (Lipinski definition) is 4. The van der Waals surface area contributed by atoms with E-state index < -0.39 is 10.9 Å². The molecule has 1 aromatic rings. The number of nitro groups is 1. The number of benzene rings is 1. The first-order valence-electron chi connectivity index (χ1n) is 6.11. The molecule has 0 saturated heterocycles. The minimum atomic E-state index is -0.810. The molecule has 0 fully saturated rings. The van der Waals surface area contributed by atoms with Gasteiger partial charge in [0.2, 0.25) is 0 Å². The van der Waals surface area contributed by atoms with Crippen LogP contribution in [0.2, 0.25) is 0 Å². The van der Waals surface area contributed by atoms with Crippen LogP contribution in [0, 0.1) is 17.0 Å². The average Bonchev–Trinajstić information content (AvgIpc) is 2.32. The number of rotatable bonds is 8. The molecule has 0 aliphatic rings. The smallest absolute Gasteiger partial charge is 0.313 e. The van der Waals surface area contributed by atoms with Crippen molar-refractivity contribution in [2.45, 2.75) is 32.6 Å². The van der Waals surface area contributed by atoms with Gasteiger partial charge >= 0.3 is 11.7 Å². The Labute approximate surface area is 111 Å². The highest BCUT2D eigenvalue weighted by molar-refractivity contribution is 5.66. The molecule has 0 amide bonds. The normalized spacial score (nSPS) is 10.2. The fraction of sp³-hybridized carbons (Fsp3) is 0.462. The molecule has 0 aromatic heterocycles. The number of nitrogens with zero attached hydrogens (tertiary/aromatic N) is 1. The second-order valence-corrected chi connectivity index (χ2v) is 4.23. The van der Waals surface area contributed by atoms with Crippen LogP contribution in [0.15, 0.2) is 18.2 Å². The van der Waals surface area contributed by atoms with E-state index in [1.165, 1.54) is 0 Å². The van der Waals surface area contributed by atoms with E-state index in [0.29, 0.717) is 25.0 Å². The Kier molecular flexibility index (Phi) is 5.78. The van der Waals surface area contributed by atoms with E-state index in [1.807, 2.05) is 0 Å². The van der Waals surface area contributed by atoms with Crippen LogP contribution in [0.1, 0.15) is 31.2 Å². The van der Waals surface area contributed by atoms with Gasteiger partial charge in [0.15, 0.2) is 5.75 Å². The molecule has 19 heavy (non-hydrogen) atoms. The van der Waals surface area contributed by atoms with Gasteiger partial charge in [-0.05, 0) is 32.3 Å². The molecule has 0 unspecified atom stereocenters. The van der Waals surface area contributed by atoms with Crippen molar-refractivity contribution in [1.82, 2.24) is 0 Å². The summed E-state index contributed by atoms with van der Waals surface area (Å²) in [6.45, 7) is 2.02. The molecule has 1 N–H and O–H groups in total. The summed E-state index contributed by atoms with van der Waals surface area (Å²) in [4.78, 5) is 20.8. The van der Waals surface area contributed by atoms with Crippen molar-refractivity contribution >= 4 is 11.7 Å². The predicted molar refractivity (Wildman–Crippen MR) is 69.4 cm³/mol. The van der Waals surface area contributed by atoms with Gasteiger partial charge in [-0.3, -0.25) is 14.9 Å². The fourth-order valence-corrected chi connectivity index (χ4v) is 1.72. The zero-order valence-corrected chi connectivity index (χ0v) is 10.8. The van der Waals surface area contributed by atoms with E-state index in [1.54, 1.807) is 25.1 Å². The van der Waals surface area contributed by atoms with Crippen LogP contribution in [-0.4, -0.2) is 22.6 Å². The molecule has 6 nitrogen and oxygen atoms in total. The third-order valence-corrected chi connectivity index (χ3v) is 2.68. The highest BCUT2D eigenvalue weighted by Crippen LogP contribution is 2.30. The lowest BCUT2D eigenvalue weighted by Crippen LogP contribution is -2.02. The number of ether oxygens (including phenoxy) is 1. The second kappa shape index (κ2) is 7.35. The van der Waals surface area contributed by atoms with Crippen LogP contribution in [0.4, 0.5) is 5.69 Å². The summed E-state index contributed by atoms with van der Waals surface area (Å²) in [5.41, 5.74) is 0.557. The minimum absolute atomic E-state index is 0.00645. The van der Waals surface area contributed by atoms with Crippen LogP contribution in [0.25, 0.3) is 0 Å². The van der Waals surface area contributed by atoms with Gasteiger partial charge in [-0.15, -0.1) is 0 Å². The number of carboxylic acid groups (broad SMARTS) is 1. The molecule has 104 valence electrons. The Morgan fingerprint density at radius 3 is 2.74 bits per heavy atom. The molecular formula is C13H17NO5. The predicted octanol–water partition coefficient (Wildman–Crippen LogP) is 2.93. The summed E-state index contributed by atoms with van der Waals surface area (Å²) < 4.78 is 5.40. The minimum Gasteiger partial charge on any atom is -0.487 e. The number of carboxylic acids is 1. The van der Waals surface area contributed by atoms with Crippen molar-refractivity contribution in [2.75, 3.05) is 6.61 Å². The maximum Gasteiger partial charge on any atom is 0.313 e. The molecule has 0 saturated carbocycles. The van der Waals surface area contributed by atoms with Crippen molar-refractivity contribution in [1.29, 1.82) is 0 Å². The van der Waals surface area contributed by atoms with E-state index in [2.05, 4.69) is 0 Å². The molecule has 0 aliphatic heterocycles. The summed E-state index contributed by atoms with van der Waals surface area (Å²) in [6, 6.07) is 4.95. The average molecular weight is 267 g/mol. The van der Waals surface area contributed by atoms with Crippen molar-refractivity contribution in [3.05, 3.63) is 33.9 Å². The maximum absolute atomic E-state index is 10.9. The Bertz CT molecular complexity index is 458. The quantitative estimate of drug-likeness (QED) is 0.444. The van der Waals surface area contributed by atoms with E-state index >= 15 is 0 Å². The van der Waals surface area contributed by atoms with Gasteiger partial charge in [0, 0.05) is 12.0 Å². The van der Waals surface area contributed by atoms with Crippen LogP contribution < -0.4 is 4.74 Å². The zero-order valence-electron chi connectivity index (χ0n) is 10.8. The number of aliphatic carboxylic acids is 1. The van der Waals surface area contributed by atoms with E-state index in [0.717, 1.165) is 6.42 Å². The molecule has 0 heterocycles. The second-order valence-electron chi connectivity index (χ2n) is 4.23. The molecule has 0 atom stereocenters. The van der Waals surface area contributed by atoms with Crippen molar-refractivity contribution in [3.63, 3.8) is 0 Å². The molecule has 0 spiro atoms. The third kappa shape index (κ3) is 4.95. The third-order valence-electron chi connectivity index (χ3n) is 2.68. The number of aryl methyl sites for hydroxylation is 1. The van der Waals surface area contributed by atoms with Gasteiger partial charge in [-0.2, -0.15) is 0 Å². The standard InChI is InChI=1S/C13H17NO5/c1-10-6-5-7-11(13(10)14(17)18)19-9-4-2-3-8-12(15)16/h5-7H,2-4,8-9H2,1H3,(H,15,16). The van der Waals surface area contributed by atoms with Crippen LogP contribution in [0.5, 0.6) is 5.75 Å². The summed E-state index contributed by atoms with van der Waals surface area (Å²) >= 11 is 0. The summed E-state index contributed by atoms with van der Waals surface area (Å²) in [5, 5.41) is 19.4. The van der Waals surface area contributed by atoms with Crippen LogP contribution in [0.3, 0.4) is 0 Å².